The molecule has 3 rings (SSSR count). The zero-order valence-corrected chi connectivity index (χ0v) is 15.6. The summed E-state index contributed by atoms with van der Waals surface area (Å²) in [5.74, 6) is -1.11. The number of amides is 1. The van der Waals surface area contributed by atoms with Gasteiger partial charge in [-0.15, -0.1) is 0 Å². The van der Waals surface area contributed by atoms with Crippen molar-refractivity contribution in [2.75, 3.05) is 18.1 Å². The minimum absolute atomic E-state index is 0.0139. The molecule has 1 saturated heterocycles. The first kappa shape index (κ1) is 18.5. The van der Waals surface area contributed by atoms with Crippen molar-refractivity contribution < 1.29 is 22.7 Å². The van der Waals surface area contributed by atoms with Crippen LogP contribution in [0, 0.1) is 0 Å². The second-order valence-corrected chi connectivity index (χ2v) is 9.30. The van der Waals surface area contributed by atoms with Gasteiger partial charge in [0, 0.05) is 12.1 Å². The molecule has 2 fully saturated rings. The van der Waals surface area contributed by atoms with Crippen molar-refractivity contribution in [3.63, 3.8) is 0 Å². The van der Waals surface area contributed by atoms with E-state index in [2.05, 4.69) is 0 Å². The van der Waals surface area contributed by atoms with Gasteiger partial charge in [0.25, 0.3) is 5.91 Å². The zero-order chi connectivity index (χ0) is 18.2. The summed E-state index contributed by atoms with van der Waals surface area (Å²) < 4.78 is 28.4. The molecule has 0 unspecified atom stereocenters. The first-order valence-electron chi connectivity index (χ1n) is 7.91. The molecule has 9 heteroatoms. The zero-order valence-electron chi connectivity index (χ0n) is 13.3. The molecule has 6 nitrogen and oxygen atoms in total. The van der Waals surface area contributed by atoms with Crippen LogP contribution in [0.2, 0.25) is 10.0 Å². The van der Waals surface area contributed by atoms with E-state index in [0.29, 0.717) is 6.42 Å². The number of benzene rings is 1. The highest BCUT2D eigenvalue weighted by molar-refractivity contribution is 7.91. The van der Waals surface area contributed by atoms with Gasteiger partial charge >= 0.3 is 5.97 Å². The molecule has 0 spiro atoms. The van der Waals surface area contributed by atoms with E-state index in [0.717, 1.165) is 12.8 Å². The SMILES string of the molecule is O=C(OCC(=O)N(C1CC1)[C@H]1CCS(=O)(=O)C1)c1c(Cl)cccc1Cl. The molecule has 1 amide bonds. The van der Waals surface area contributed by atoms with Crippen molar-refractivity contribution in [2.24, 2.45) is 0 Å². The average molecular weight is 406 g/mol. The molecule has 0 bridgehead atoms. The van der Waals surface area contributed by atoms with Gasteiger partial charge in [0.1, 0.15) is 0 Å². The number of carbonyl (C=O) groups excluding carboxylic acids is 2. The first-order chi connectivity index (χ1) is 11.8. The van der Waals surface area contributed by atoms with E-state index >= 15 is 0 Å². The number of sulfone groups is 1. The second-order valence-electron chi connectivity index (χ2n) is 6.26. The normalized spacial score (nSPS) is 21.8. The van der Waals surface area contributed by atoms with Crippen LogP contribution in [-0.4, -0.2) is 55.4 Å². The van der Waals surface area contributed by atoms with Crippen molar-refractivity contribution in [2.45, 2.75) is 31.3 Å². The Morgan fingerprint density at radius 3 is 2.28 bits per heavy atom. The van der Waals surface area contributed by atoms with Crippen LogP contribution < -0.4 is 0 Å². The summed E-state index contributed by atoms with van der Waals surface area (Å²) >= 11 is 11.9. The lowest BCUT2D eigenvalue weighted by Crippen LogP contribution is -2.44. The van der Waals surface area contributed by atoms with Gasteiger partial charge < -0.3 is 9.64 Å². The molecule has 1 atom stereocenters. The van der Waals surface area contributed by atoms with Gasteiger partial charge in [-0.3, -0.25) is 4.79 Å². The fraction of sp³-hybridized carbons (Fsp3) is 0.500. The van der Waals surface area contributed by atoms with Crippen molar-refractivity contribution in [1.29, 1.82) is 0 Å². The molecule has 1 aromatic rings. The van der Waals surface area contributed by atoms with Crippen molar-refractivity contribution >= 4 is 44.9 Å². The van der Waals surface area contributed by atoms with Crippen LogP contribution in [0.3, 0.4) is 0 Å². The Labute approximate surface area is 155 Å². The van der Waals surface area contributed by atoms with Crippen LogP contribution in [0.25, 0.3) is 0 Å². The molecule has 0 aromatic heterocycles. The standard InChI is InChI=1S/C16H17Cl2NO5S/c17-12-2-1-3-13(18)15(12)16(21)24-8-14(20)19(10-4-5-10)11-6-7-25(22,23)9-11/h1-3,10-11H,4-9H2/t11-/m0/s1. The summed E-state index contributed by atoms with van der Waals surface area (Å²) in [6.45, 7) is -0.465. The number of carbonyl (C=O) groups is 2. The van der Waals surface area contributed by atoms with E-state index in [9.17, 15) is 18.0 Å². The summed E-state index contributed by atoms with van der Waals surface area (Å²) in [7, 11) is -3.10. The van der Waals surface area contributed by atoms with Gasteiger partial charge in [0.05, 0.1) is 27.1 Å². The third-order valence-corrected chi connectivity index (χ3v) is 6.70. The summed E-state index contributed by atoms with van der Waals surface area (Å²) in [4.78, 5) is 26.3. The lowest BCUT2D eigenvalue weighted by molar-refractivity contribution is -0.137. The molecule has 0 N–H and O–H groups in total. The van der Waals surface area contributed by atoms with E-state index in [1.54, 1.807) is 11.0 Å². The maximum atomic E-state index is 12.5. The highest BCUT2D eigenvalue weighted by Crippen LogP contribution is 2.32. The molecule has 1 aromatic carbocycles. The third kappa shape index (κ3) is 4.27. The van der Waals surface area contributed by atoms with Crippen molar-refractivity contribution in [3.8, 4) is 0 Å². The monoisotopic (exact) mass is 405 g/mol. The average Bonchev–Trinajstić information content (AvgIpc) is 3.29. The minimum Gasteiger partial charge on any atom is -0.452 e. The van der Waals surface area contributed by atoms with Gasteiger partial charge in [-0.2, -0.15) is 0 Å². The van der Waals surface area contributed by atoms with Gasteiger partial charge in [-0.25, -0.2) is 13.2 Å². The molecule has 25 heavy (non-hydrogen) atoms. The summed E-state index contributed by atoms with van der Waals surface area (Å²) in [6.07, 6.45) is 2.11. The number of nitrogens with zero attached hydrogens (tertiary/aromatic N) is 1. The fourth-order valence-electron chi connectivity index (χ4n) is 3.02. The number of hydrogen-bond donors (Lipinski definition) is 0. The van der Waals surface area contributed by atoms with Crippen LogP contribution in [0.1, 0.15) is 29.6 Å². The van der Waals surface area contributed by atoms with Crippen molar-refractivity contribution in [1.82, 2.24) is 4.90 Å². The Morgan fingerprint density at radius 1 is 1.12 bits per heavy atom. The van der Waals surface area contributed by atoms with Crippen LogP contribution in [0.4, 0.5) is 0 Å². The Kier molecular flexibility index (Phi) is 5.27. The summed E-state index contributed by atoms with van der Waals surface area (Å²) in [5.41, 5.74) is 0.0139. The lowest BCUT2D eigenvalue weighted by Gasteiger charge is -2.28. The van der Waals surface area contributed by atoms with E-state index in [-0.39, 0.29) is 45.1 Å². The van der Waals surface area contributed by atoms with Crippen molar-refractivity contribution in [3.05, 3.63) is 33.8 Å². The number of rotatable bonds is 5. The molecule has 1 aliphatic carbocycles. The van der Waals surface area contributed by atoms with Crippen LogP contribution in [0.15, 0.2) is 18.2 Å². The third-order valence-electron chi connectivity index (χ3n) is 4.32. The topological polar surface area (TPSA) is 80.8 Å². The van der Waals surface area contributed by atoms with Gasteiger partial charge in [-0.1, -0.05) is 29.3 Å². The quantitative estimate of drug-likeness (QED) is 0.702. The number of halogens is 2. The maximum Gasteiger partial charge on any atom is 0.341 e. The van der Waals surface area contributed by atoms with E-state index in [1.807, 2.05) is 0 Å². The highest BCUT2D eigenvalue weighted by Gasteiger charge is 2.42. The second kappa shape index (κ2) is 7.13. The molecule has 0 radical (unpaired) electrons. The molecular formula is C16H17Cl2NO5S. The lowest BCUT2D eigenvalue weighted by atomic mass is 10.2. The fourth-order valence-corrected chi connectivity index (χ4v) is 5.28. The molecule has 2 aliphatic rings. The minimum atomic E-state index is -3.10. The Morgan fingerprint density at radius 2 is 1.76 bits per heavy atom. The van der Waals surface area contributed by atoms with E-state index < -0.39 is 22.4 Å². The predicted molar refractivity (Wildman–Crippen MR) is 93.7 cm³/mol. The maximum absolute atomic E-state index is 12.5. The summed E-state index contributed by atoms with van der Waals surface area (Å²) in [6, 6.07) is 4.31. The largest absolute Gasteiger partial charge is 0.452 e. The molecular weight excluding hydrogens is 389 g/mol. The highest BCUT2D eigenvalue weighted by atomic mass is 35.5. The molecule has 1 heterocycles. The predicted octanol–water partition coefficient (Wildman–Crippen LogP) is 2.33. The Balaban J connectivity index is 1.65. The van der Waals surface area contributed by atoms with Gasteiger partial charge in [0.15, 0.2) is 16.4 Å². The van der Waals surface area contributed by atoms with E-state index in [4.69, 9.17) is 27.9 Å². The van der Waals surface area contributed by atoms with Crippen LogP contribution in [0.5, 0.6) is 0 Å². The number of ether oxygens (including phenoxy) is 1. The first-order valence-corrected chi connectivity index (χ1v) is 10.5. The molecule has 1 saturated carbocycles. The van der Waals surface area contributed by atoms with Gasteiger partial charge in [0.2, 0.25) is 0 Å². The Bertz CT molecular complexity index is 786. The molecule has 1 aliphatic heterocycles. The van der Waals surface area contributed by atoms with Crippen LogP contribution in [-0.2, 0) is 19.4 Å². The number of esters is 1. The van der Waals surface area contributed by atoms with E-state index in [1.165, 1.54) is 12.1 Å². The smallest absolute Gasteiger partial charge is 0.341 e. The summed E-state index contributed by atoms with van der Waals surface area (Å²) in [5, 5.41) is 0.289. The Hall–Kier alpha value is -1.31. The molecule has 136 valence electrons. The number of hydrogen-bond acceptors (Lipinski definition) is 5. The van der Waals surface area contributed by atoms with Gasteiger partial charge in [-0.05, 0) is 31.4 Å². The van der Waals surface area contributed by atoms with Crippen LogP contribution >= 0.6 is 23.2 Å².